The van der Waals surface area contributed by atoms with Crippen molar-refractivity contribution in [2.75, 3.05) is 5.73 Å². The molecule has 18 heavy (non-hydrogen) atoms. The summed E-state index contributed by atoms with van der Waals surface area (Å²) < 4.78 is 12.9. The van der Waals surface area contributed by atoms with Gasteiger partial charge in [0.25, 0.3) is 0 Å². The summed E-state index contributed by atoms with van der Waals surface area (Å²) in [5.74, 6) is -0.514. The second-order valence-corrected chi connectivity index (χ2v) is 4.65. The molecule has 4 nitrogen and oxygen atoms in total. The Labute approximate surface area is 108 Å². The fraction of sp³-hybridized carbons (Fsp3) is 0.167. The Morgan fingerprint density at radius 2 is 2.33 bits per heavy atom. The number of benzene rings is 1. The highest BCUT2D eigenvalue weighted by Gasteiger charge is 2.05. The zero-order chi connectivity index (χ0) is 13.0. The van der Waals surface area contributed by atoms with Crippen LogP contribution >= 0.6 is 11.3 Å². The molecule has 0 spiro atoms. The number of thiazole rings is 1. The maximum absolute atomic E-state index is 12.9. The van der Waals surface area contributed by atoms with Crippen LogP contribution in [0.15, 0.2) is 29.6 Å². The first-order valence-electron chi connectivity index (χ1n) is 5.34. The van der Waals surface area contributed by atoms with Crippen molar-refractivity contribution in [1.82, 2.24) is 10.3 Å². The zero-order valence-corrected chi connectivity index (χ0v) is 10.3. The highest BCUT2D eigenvalue weighted by Crippen LogP contribution is 2.10. The van der Waals surface area contributed by atoms with Crippen molar-refractivity contribution in [2.45, 2.75) is 13.0 Å². The van der Waals surface area contributed by atoms with Crippen molar-refractivity contribution in [3.63, 3.8) is 0 Å². The monoisotopic (exact) mass is 265 g/mol. The maximum Gasteiger partial charge on any atom is 0.224 e. The van der Waals surface area contributed by atoms with Crippen molar-refractivity contribution in [2.24, 2.45) is 0 Å². The van der Waals surface area contributed by atoms with Crippen molar-refractivity contribution >= 4 is 22.4 Å². The quantitative estimate of drug-likeness (QED) is 0.884. The Morgan fingerprint density at radius 3 is 3.00 bits per heavy atom. The summed E-state index contributed by atoms with van der Waals surface area (Å²) in [5, 5.41) is 4.97. The molecular weight excluding hydrogens is 253 g/mol. The number of anilines is 1. The average Bonchev–Trinajstić information content (AvgIpc) is 2.73. The zero-order valence-electron chi connectivity index (χ0n) is 9.52. The molecule has 0 aliphatic heterocycles. The number of halogens is 1. The molecule has 6 heteroatoms. The van der Waals surface area contributed by atoms with Crippen LogP contribution in [0.25, 0.3) is 0 Å². The van der Waals surface area contributed by atoms with Crippen LogP contribution in [0.3, 0.4) is 0 Å². The van der Waals surface area contributed by atoms with Gasteiger partial charge >= 0.3 is 0 Å². The van der Waals surface area contributed by atoms with Gasteiger partial charge < -0.3 is 11.1 Å². The summed E-state index contributed by atoms with van der Waals surface area (Å²) in [6.07, 6.45) is 0.150. The van der Waals surface area contributed by atoms with Crippen LogP contribution in [0, 0.1) is 5.82 Å². The molecule has 3 N–H and O–H groups in total. The third-order valence-electron chi connectivity index (χ3n) is 2.29. The smallest absolute Gasteiger partial charge is 0.224 e. The molecule has 0 unspecified atom stereocenters. The number of carbonyl (C=O) groups is 1. The summed E-state index contributed by atoms with van der Waals surface area (Å²) >= 11 is 1.33. The maximum atomic E-state index is 12.9. The first-order chi connectivity index (χ1) is 8.63. The van der Waals surface area contributed by atoms with Gasteiger partial charge in [-0.1, -0.05) is 12.1 Å². The van der Waals surface area contributed by atoms with E-state index >= 15 is 0 Å². The van der Waals surface area contributed by atoms with E-state index in [4.69, 9.17) is 5.73 Å². The summed E-state index contributed by atoms with van der Waals surface area (Å²) in [7, 11) is 0. The molecule has 0 saturated carbocycles. The van der Waals surface area contributed by atoms with E-state index in [-0.39, 0.29) is 18.1 Å². The Morgan fingerprint density at radius 1 is 1.50 bits per heavy atom. The van der Waals surface area contributed by atoms with E-state index in [1.54, 1.807) is 17.5 Å². The first-order valence-corrected chi connectivity index (χ1v) is 6.22. The van der Waals surface area contributed by atoms with Gasteiger partial charge in [0.15, 0.2) is 5.13 Å². The first kappa shape index (κ1) is 12.5. The molecule has 1 heterocycles. The second kappa shape index (κ2) is 5.59. The number of carbonyl (C=O) groups excluding carboxylic acids is 1. The van der Waals surface area contributed by atoms with Crippen LogP contribution in [-0.4, -0.2) is 10.9 Å². The lowest BCUT2D eigenvalue weighted by Gasteiger charge is -2.03. The van der Waals surface area contributed by atoms with Crippen molar-refractivity contribution in [3.05, 3.63) is 46.7 Å². The Hall–Kier alpha value is -1.95. The molecule has 0 saturated heterocycles. The van der Waals surface area contributed by atoms with E-state index in [2.05, 4.69) is 10.3 Å². The summed E-state index contributed by atoms with van der Waals surface area (Å²) in [4.78, 5) is 15.6. The Bertz CT molecular complexity index is 556. The SMILES string of the molecule is Nc1nc(CNC(=O)Cc2cccc(F)c2)cs1. The molecule has 0 aliphatic carbocycles. The number of nitrogens with zero attached hydrogens (tertiary/aromatic N) is 1. The number of rotatable bonds is 4. The minimum absolute atomic E-state index is 0.150. The topological polar surface area (TPSA) is 68.0 Å². The lowest BCUT2D eigenvalue weighted by molar-refractivity contribution is -0.120. The molecule has 1 aromatic carbocycles. The fourth-order valence-corrected chi connectivity index (χ4v) is 2.05. The summed E-state index contributed by atoms with van der Waals surface area (Å²) in [6.45, 7) is 0.335. The van der Waals surface area contributed by atoms with Crippen LogP contribution in [0.4, 0.5) is 9.52 Å². The molecule has 0 atom stereocenters. The van der Waals surface area contributed by atoms with E-state index in [0.29, 0.717) is 17.2 Å². The summed E-state index contributed by atoms with van der Waals surface area (Å²) in [5.41, 5.74) is 6.85. The van der Waals surface area contributed by atoms with E-state index < -0.39 is 0 Å². The molecule has 1 aromatic heterocycles. The van der Waals surface area contributed by atoms with E-state index in [0.717, 1.165) is 5.69 Å². The number of nitrogen functional groups attached to an aromatic ring is 1. The average molecular weight is 265 g/mol. The Balaban J connectivity index is 1.85. The molecule has 2 aromatic rings. The third-order valence-corrected chi connectivity index (χ3v) is 3.01. The van der Waals surface area contributed by atoms with E-state index in [1.165, 1.54) is 23.5 Å². The van der Waals surface area contributed by atoms with Gasteiger partial charge in [-0.05, 0) is 17.7 Å². The van der Waals surface area contributed by atoms with Crippen LogP contribution in [0.2, 0.25) is 0 Å². The normalized spacial score (nSPS) is 10.3. The predicted molar refractivity (Wildman–Crippen MR) is 68.5 cm³/mol. The largest absolute Gasteiger partial charge is 0.375 e. The van der Waals surface area contributed by atoms with Gasteiger partial charge in [-0.3, -0.25) is 4.79 Å². The number of amides is 1. The number of hydrogen-bond donors (Lipinski definition) is 2. The van der Waals surface area contributed by atoms with Gasteiger partial charge in [-0.2, -0.15) is 0 Å². The molecule has 0 aliphatic rings. The molecule has 0 radical (unpaired) electrons. The minimum atomic E-state index is -0.340. The van der Waals surface area contributed by atoms with Crippen LogP contribution < -0.4 is 11.1 Å². The van der Waals surface area contributed by atoms with Gasteiger partial charge in [0.05, 0.1) is 18.7 Å². The molecular formula is C12H12FN3OS. The van der Waals surface area contributed by atoms with Crippen LogP contribution in [-0.2, 0) is 17.8 Å². The minimum Gasteiger partial charge on any atom is -0.375 e. The van der Waals surface area contributed by atoms with Crippen LogP contribution in [0.5, 0.6) is 0 Å². The molecule has 0 bridgehead atoms. The molecule has 2 rings (SSSR count). The molecule has 94 valence electrons. The highest BCUT2D eigenvalue weighted by atomic mass is 32.1. The summed E-state index contributed by atoms with van der Waals surface area (Å²) in [6, 6.07) is 5.99. The lowest BCUT2D eigenvalue weighted by atomic mass is 10.1. The lowest BCUT2D eigenvalue weighted by Crippen LogP contribution is -2.24. The van der Waals surface area contributed by atoms with Gasteiger partial charge in [0.1, 0.15) is 5.82 Å². The molecule has 1 amide bonds. The van der Waals surface area contributed by atoms with Crippen molar-refractivity contribution in [1.29, 1.82) is 0 Å². The number of nitrogens with one attached hydrogen (secondary N) is 1. The Kier molecular flexibility index (Phi) is 3.88. The fourth-order valence-electron chi connectivity index (χ4n) is 1.49. The predicted octanol–water partition coefficient (Wildman–Crippen LogP) is 1.72. The second-order valence-electron chi connectivity index (χ2n) is 3.76. The standard InChI is InChI=1S/C12H12FN3OS/c13-9-3-1-2-8(4-9)5-11(17)15-6-10-7-18-12(14)16-10/h1-4,7H,5-6H2,(H2,14,16)(H,15,17). The highest BCUT2D eigenvalue weighted by molar-refractivity contribution is 7.13. The van der Waals surface area contributed by atoms with Gasteiger partial charge in [0, 0.05) is 5.38 Å². The van der Waals surface area contributed by atoms with Crippen molar-refractivity contribution in [3.8, 4) is 0 Å². The number of nitrogens with two attached hydrogens (primary N) is 1. The van der Waals surface area contributed by atoms with Gasteiger partial charge in [-0.25, -0.2) is 9.37 Å². The van der Waals surface area contributed by atoms with Gasteiger partial charge in [-0.15, -0.1) is 11.3 Å². The number of hydrogen-bond acceptors (Lipinski definition) is 4. The van der Waals surface area contributed by atoms with Crippen LogP contribution in [0.1, 0.15) is 11.3 Å². The van der Waals surface area contributed by atoms with Crippen molar-refractivity contribution < 1.29 is 9.18 Å². The molecule has 0 fully saturated rings. The third kappa shape index (κ3) is 3.53. The van der Waals surface area contributed by atoms with Gasteiger partial charge in [0.2, 0.25) is 5.91 Å². The van der Waals surface area contributed by atoms with E-state index in [9.17, 15) is 9.18 Å². The number of aromatic nitrogens is 1. The van der Waals surface area contributed by atoms with E-state index in [1.807, 2.05) is 0 Å².